The molecule has 0 bridgehead atoms. The van der Waals surface area contributed by atoms with Crippen LogP contribution in [0.15, 0.2) is 41.0 Å². The minimum atomic E-state index is -1.17. The van der Waals surface area contributed by atoms with Crippen LogP contribution in [-0.4, -0.2) is 65.8 Å². The average Bonchev–Trinajstić information content (AvgIpc) is 3.39. The molecule has 3 rings (SSSR count). The van der Waals surface area contributed by atoms with Crippen LogP contribution in [0.2, 0.25) is 0 Å². The molecule has 2 aromatic rings. The monoisotopic (exact) mass is 449 g/mol. The van der Waals surface area contributed by atoms with Crippen LogP contribution in [0.4, 0.5) is 19.3 Å². The van der Waals surface area contributed by atoms with Crippen LogP contribution >= 0.6 is 0 Å². The quantitative estimate of drug-likeness (QED) is 0.602. The first-order valence-corrected chi connectivity index (χ1v) is 9.57. The maximum Gasteiger partial charge on any atom is 0.319 e. The zero-order chi connectivity index (χ0) is 23.4. The van der Waals surface area contributed by atoms with Crippen molar-refractivity contribution in [3.05, 3.63) is 54.0 Å². The maximum atomic E-state index is 13.8. The minimum Gasteiger partial charge on any atom is -0.459 e. The van der Waals surface area contributed by atoms with Crippen molar-refractivity contribution in [1.82, 2.24) is 15.1 Å². The number of benzene rings is 1. The lowest BCUT2D eigenvalue weighted by Gasteiger charge is -2.30. The second kappa shape index (κ2) is 9.45. The number of hydrogen-bond donors (Lipinski definition) is 3. The van der Waals surface area contributed by atoms with Gasteiger partial charge in [0.15, 0.2) is 5.76 Å². The Labute approximate surface area is 181 Å². The van der Waals surface area contributed by atoms with Gasteiger partial charge in [0.1, 0.15) is 17.7 Å². The number of primary amides is 1. The van der Waals surface area contributed by atoms with Crippen LogP contribution in [0.3, 0.4) is 0 Å². The summed E-state index contributed by atoms with van der Waals surface area (Å²) in [6.07, 6.45) is 1.51. The van der Waals surface area contributed by atoms with Crippen molar-refractivity contribution in [3.63, 3.8) is 0 Å². The molecule has 0 spiro atoms. The largest absolute Gasteiger partial charge is 0.459 e. The molecule has 0 radical (unpaired) electrons. The van der Waals surface area contributed by atoms with Crippen molar-refractivity contribution in [3.8, 4) is 0 Å². The molecule has 32 heavy (non-hydrogen) atoms. The summed E-state index contributed by atoms with van der Waals surface area (Å²) < 4.78 is 32.0. The van der Waals surface area contributed by atoms with E-state index in [0.29, 0.717) is 6.07 Å². The molecule has 1 saturated heterocycles. The van der Waals surface area contributed by atoms with Crippen LogP contribution in [0.5, 0.6) is 0 Å². The Morgan fingerprint density at radius 1 is 1.25 bits per heavy atom. The van der Waals surface area contributed by atoms with Crippen molar-refractivity contribution in [2.24, 2.45) is 5.73 Å². The van der Waals surface area contributed by atoms with Crippen molar-refractivity contribution in [1.29, 1.82) is 0 Å². The predicted octanol–water partition coefficient (Wildman–Crippen LogP) is 0.906. The second-order valence-electron chi connectivity index (χ2n) is 7.20. The zero-order valence-corrected chi connectivity index (χ0v) is 17.0. The van der Waals surface area contributed by atoms with Gasteiger partial charge in [-0.15, -0.1) is 0 Å². The Kier molecular flexibility index (Phi) is 6.71. The van der Waals surface area contributed by atoms with Crippen LogP contribution in [0.25, 0.3) is 0 Å². The number of anilines is 1. The van der Waals surface area contributed by atoms with Crippen molar-refractivity contribution in [2.75, 3.05) is 25.5 Å². The molecule has 0 saturated carbocycles. The number of likely N-dealkylation sites (tertiary alicyclic amines) is 1. The number of amides is 5. The average molecular weight is 449 g/mol. The van der Waals surface area contributed by atoms with Gasteiger partial charge in [0.2, 0.25) is 11.8 Å². The first kappa shape index (κ1) is 22.7. The van der Waals surface area contributed by atoms with E-state index >= 15 is 0 Å². The number of nitrogens with two attached hydrogens (primary N) is 1. The van der Waals surface area contributed by atoms with E-state index < -0.39 is 54.0 Å². The van der Waals surface area contributed by atoms with Gasteiger partial charge in [-0.05, 0) is 30.7 Å². The highest BCUT2D eigenvalue weighted by atomic mass is 19.1. The minimum absolute atomic E-state index is 0.00107. The van der Waals surface area contributed by atoms with E-state index in [1.165, 1.54) is 30.3 Å². The van der Waals surface area contributed by atoms with E-state index in [2.05, 4.69) is 10.6 Å². The van der Waals surface area contributed by atoms with Gasteiger partial charge in [-0.3, -0.25) is 14.4 Å². The fourth-order valence-corrected chi connectivity index (χ4v) is 3.47. The summed E-state index contributed by atoms with van der Waals surface area (Å²) in [5, 5.41) is 4.78. The Morgan fingerprint density at radius 3 is 2.62 bits per heavy atom. The van der Waals surface area contributed by atoms with E-state index in [4.69, 9.17) is 10.2 Å². The summed E-state index contributed by atoms with van der Waals surface area (Å²) in [5.41, 5.74) is 4.89. The normalized spacial score (nSPS) is 17.7. The van der Waals surface area contributed by atoms with Crippen LogP contribution in [0.1, 0.15) is 17.0 Å². The van der Waals surface area contributed by atoms with Gasteiger partial charge in [0.05, 0.1) is 24.5 Å². The summed E-state index contributed by atoms with van der Waals surface area (Å²) in [7, 11) is 1.34. The molecule has 170 valence electrons. The topological polar surface area (TPSA) is 138 Å². The fourth-order valence-electron chi connectivity index (χ4n) is 3.47. The number of halogens is 2. The van der Waals surface area contributed by atoms with Gasteiger partial charge in [-0.25, -0.2) is 13.6 Å². The lowest BCUT2D eigenvalue weighted by atomic mass is 10.1. The van der Waals surface area contributed by atoms with Gasteiger partial charge in [0, 0.05) is 19.7 Å². The van der Waals surface area contributed by atoms with Gasteiger partial charge in [0.25, 0.3) is 5.91 Å². The standard InChI is InChI=1S/C20H21F2N5O5/c1-26(10-16(23)28)19(30)17-14(6-7-27(17)18(29)15-3-2-8-32-15)25-20(31)24-13-5-4-11(21)9-12(13)22/h2-5,8-9,14,17H,6-7,10H2,1H3,(H2,23,28)(H2,24,25,31). The van der Waals surface area contributed by atoms with Crippen LogP contribution in [0, 0.1) is 11.6 Å². The second-order valence-corrected chi connectivity index (χ2v) is 7.20. The number of urea groups is 1. The van der Waals surface area contributed by atoms with E-state index in [0.717, 1.165) is 17.0 Å². The number of likely N-dealkylation sites (N-methyl/N-ethyl adjacent to an activating group) is 1. The Bertz CT molecular complexity index is 1030. The summed E-state index contributed by atoms with van der Waals surface area (Å²) in [5.74, 6) is -3.74. The third-order valence-corrected chi connectivity index (χ3v) is 4.91. The highest BCUT2D eigenvalue weighted by Gasteiger charge is 2.44. The highest BCUT2D eigenvalue weighted by Crippen LogP contribution is 2.23. The first-order valence-electron chi connectivity index (χ1n) is 9.57. The molecule has 4 N–H and O–H groups in total. The molecule has 10 nitrogen and oxygen atoms in total. The molecule has 2 heterocycles. The van der Waals surface area contributed by atoms with Gasteiger partial charge < -0.3 is 30.6 Å². The molecule has 0 aliphatic carbocycles. The predicted molar refractivity (Wildman–Crippen MR) is 107 cm³/mol. The molecular formula is C20H21F2N5O5. The summed E-state index contributed by atoms with van der Waals surface area (Å²) >= 11 is 0. The SMILES string of the molecule is CN(CC(N)=O)C(=O)C1C(NC(=O)Nc2ccc(F)cc2F)CCN1C(=O)c1ccco1. The van der Waals surface area contributed by atoms with Gasteiger partial charge in [-0.1, -0.05) is 0 Å². The molecule has 2 unspecified atom stereocenters. The Balaban J connectivity index is 1.79. The molecule has 1 aliphatic heterocycles. The summed E-state index contributed by atoms with van der Waals surface area (Å²) in [4.78, 5) is 51.8. The fraction of sp³-hybridized carbons (Fsp3) is 0.300. The smallest absolute Gasteiger partial charge is 0.319 e. The molecular weight excluding hydrogens is 428 g/mol. The Hall–Kier alpha value is -3.96. The summed E-state index contributed by atoms with van der Waals surface area (Å²) in [6, 6.07) is 2.70. The number of furan rings is 1. The van der Waals surface area contributed by atoms with E-state index in [9.17, 15) is 28.0 Å². The first-order chi connectivity index (χ1) is 15.2. The molecule has 2 atom stereocenters. The lowest BCUT2D eigenvalue weighted by molar-refractivity contribution is -0.137. The van der Waals surface area contributed by atoms with Crippen molar-refractivity contribution < 1.29 is 32.4 Å². The molecule has 1 aromatic carbocycles. The van der Waals surface area contributed by atoms with Gasteiger partial charge >= 0.3 is 6.03 Å². The van der Waals surface area contributed by atoms with Crippen LogP contribution in [-0.2, 0) is 9.59 Å². The highest BCUT2D eigenvalue weighted by molar-refractivity contribution is 5.98. The van der Waals surface area contributed by atoms with Crippen molar-refractivity contribution in [2.45, 2.75) is 18.5 Å². The molecule has 1 aliphatic rings. The summed E-state index contributed by atoms with van der Waals surface area (Å²) in [6.45, 7) is -0.284. The molecule has 12 heteroatoms. The van der Waals surface area contributed by atoms with E-state index in [-0.39, 0.29) is 24.4 Å². The van der Waals surface area contributed by atoms with Crippen LogP contribution < -0.4 is 16.4 Å². The molecule has 5 amide bonds. The number of carbonyl (C=O) groups excluding carboxylic acids is 4. The third kappa shape index (κ3) is 5.02. The van der Waals surface area contributed by atoms with E-state index in [1.807, 2.05) is 0 Å². The lowest BCUT2D eigenvalue weighted by Crippen LogP contribution is -2.56. The number of carbonyl (C=O) groups is 4. The molecule has 1 aromatic heterocycles. The molecule has 1 fully saturated rings. The number of hydrogen-bond acceptors (Lipinski definition) is 5. The van der Waals surface area contributed by atoms with E-state index in [1.54, 1.807) is 0 Å². The Morgan fingerprint density at radius 2 is 2.00 bits per heavy atom. The zero-order valence-electron chi connectivity index (χ0n) is 17.0. The number of rotatable bonds is 6. The third-order valence-electron chi connectivity index (χ3n) is 4.91. The maximum absolute atomic E-state index is 13.8. The number of nitrogens with zero attached hydrogens (tertiary/aromatic N) is 2. The van der Waals surface area contributed by atoms with Crippen molar-refractivity contribution >= 4 is 29.4 Å². The van der Waals surface area contributed by atoms with Gasteiger partial charge in [-0.2, -0.15) is 0 Å². The number of nitrogens with one attached hydrogen (secondary N) is 2.